The normalized spacial score (nSPS) is 10.3. The van der Waals surface area contributed by atoms with Crippen molar-refractivity contribution < 1.29 is 14.3 Å². The van der Waals surface area contributed by atoms with Crippen LogP contribution in [-0.4, -0.2) is 25.1 Å². The van der Waals surface area contributed by atoms with Gasteiger partial charge in [-0.1, -0.05) is 12.1 Å². The fourth-order valence-electron chi connectivity index (χ4n) is 1.83. The maximum Gasteiger partial charge on any atom is 0.271 e. The molecule has 6 nitrogen and oxygen atoms in total. The van der Waals surface area contributed by atoms with Crippen LogP contribution in [0.1, 0.15) is 22.8 Å². The highest BCUT2D eigenvalue weighted by Gasteiger charge is 2.03. The summed E-state index contributed by atoms with van der Waals surface area (Å²) in [6.07, 6.45) is 1.53. The number of methoxy groups -OCH3 is 1. The second-order valence-electron chi connectivity index (χ2n) is 4.73. The van der Waals surface area contributed by atoms with E-state index in [0.29, 0.717) is 17.0 Å². The van der Waals surface area contributed by atoms with Crippen LogP contribution in [0.3, 0.4) is 0 Å². The first-order chi connectivity index (χ1) is 11.1. The highest BCUT2D eigenvalue weighted by Crippen LogP contribution is 2.11. The standard InChI is InChI=1S/C17H17N3O3/c1-12(21)19-15-7-3-13(4-8-15)11-18-20-17(22)14-5-9-16(23-2)10-6-14/h3-11H,1-2H3,(H,19,21)(H,20,22)/b18-11+. The minimum absolute atomic E-state index is 0.127. The van der Waals surface area contributed by atoms with Crippen molar-refractivity contribution in [3.8, 4) is 5.75 Å². The van der Waals surface area contributed by atoms with Crippen molar-refractivity contribution in [2.24, 2.45) is 5.10 Å². The van der Waals surface area contributed by atoms with Gasteiger partial charge in [-0.15, -0.1) is 0 Å². The fourth-order valence-corrected chi connectivity index (χ4v) is 1.83. The van der Waals surface area contributed by atoms with E-state index in [9.17, 15) is 9.59 Å². The molecular formula is C17H17N3O3. The molecule has 0 aliphatic carbocycles. The Hall–Kier alpha value is -3.15. The lowest BCUT2D eigenvalue weighted by molar-refractivity contribution is -0.114. The Morgan fingerprint density at radius 1 is 1.04 bits per heavy atom. The first-order valence-electron chi connectivity index (χ1n) is 6.93. The number of nitrogens with one attached hydrogen (secondary N) is 2. The summed E-state index contributed by atoms with van der Waals surface area (Å²) >= 11 is 0. The van der Waals surface area contributed by atoms with Gasteiger partial charge in [-0.2, -0.15) is 5.10 Å². The van der Waals surface area contributed by atoms with Crippen LogP contribution < -0.4 is 15.5 Å². The Labute approximate surface area is 134 Å². The van der Waals surface area contributed by atoms with Crippen LogP contribution in [0.2, 0.25) is 0 Å². The van der Waals surface area contributed by atoms with Gasteiger partial charge in [0.1, 0.15) is 5.75 Å². The molecule has 0 unspecified atom stereocenters. The third kappa shape index (κ3) is 4.96. The second-order valence-corrected chi connectivity index (χ2v) is 4.73. The average Bonchev–Trinajstić information content (AvgIpc) is 2.56. The number of carbonyl (C=O) groups excluding carboxylic acids is 2. The highest BCUT2D eigenvalue weighted by atomic mass is 16.5. The van der Waals surface area contributed by atoms with Crippen molar-refractivity contribution in [1.29, 1.82) is 0 Å². The lowest BCUT2D eigenvalue weighted by atomic mass is 10.2. The minimum atomic E-state index is -0.307. The fraction of sp³-hybridized carbons (Fsp3) is 0.118. The second kappa shape index (κ2) is 7.74. The van der Waals surface area contributed by atoms with E-state index >= 15 is 0 Å². The molecular weight excluding hydrogens is 294 g/mol. The van der Waals surface area contributed by atoms with Gasteiger partial charge in [-0.25, -0.2) is 5.43 Å². The van der Waals surface area contributed by atoms with E-state index in [4.69, 9.17) is 4.74 Å². The average molecular weight is 311 g/mol. The van der Waals surface area contributed by atoms with Crippen LogP contribution in [0.15, 0.2) is 53.6 Å². The summed E-state index contributed by atoms with van der Waals surface area (Å²) in [4.78, 5) is 22.8. The molecule has 0 radical (unpaired) electrons. The Morgan fingerprint density at radius 2 is 1.70 bits per heavy atom. The van der Waals surface area contributed by atoms with Gasteiger partial charge in [0.2, 0.25) is 5.91 Å². The van der Waals surface area contributed by atoms with E-state index in [-0.39, 0.29) is 11.8 Å². The van der Waals surface area contributed by atoms with E-state index in [2.05, 4.69) is 15.8 Å². The first-order valence-corrected chi connectivity index (χ1v) is 6.93. The van der Waals surface area contributed by atoms with Crippen LogP contribution in [0.25, 0.3) is 0 Å². The zero-order valence-electron chi connectivity index (χ0n) is 12.9. The number of carbonyl (C=O) groups is 2. The number of hydrazone groups is 1. The molecule has 23 heavy (non-hydrogen) atoms. The SMILES string of the molecule is COc1ccc(C(=O)N/N=C/c2ccc(NC(C)=O)cc2)cc1. The molecule has 0 heterocycles. The zero-order valence-corrected chi connectivity index (χ0v) is 12.9. The van der Waals surface area contributed by atoms with Gasteiger partial charge >= 0.3 is 0 Å². The predicted molar refractivity (Wildman–Crippen MR) is 88.8 cm³/mol. The van der Waals surface area contributed by atoms with Crippen molar-refractivity contribution in [2.75, 3.05) is 12.4 Å². The summed E-state index contributed by atoms with van der Waals surface area (Å²) < 4.78 is 5.03. The molecule has 0 aromatic heterocycles. The largest absolute Gasteiger partial charge is 0.497 e. The number of rotatable bonds is 5. The van der Waals surface area contributed by atoms with E-state index in [1.165, 1.54) is 13.1 Å². The highest BCUT2D eigenvalue weighted by molar-refractivity contribution is 5.95. The van der Waals surface area contributed by atoms with Gasteiger partial charge < -0.3 is 10.1 Å². The minimum Gasteiger partial charge on any atom is -0.497 e. The number of hydrogen-bond donors (Lipinski definition) is 2. The molecule has 2 N–H and O–H groups in total. The number of anilines is 1. The predicted octanol–water partition coefficient (Wildman–Crippen LogP) is 2.42. The third-order valence-electron chi connectivity index (χ3n) is 2.96. The summed E-state index contributed by atoms with van der Waals surface area (Å²) in [7, 11) is 1.57. The number of benzene rings is 2. The van der Waals surface area contributed by atoms with Gasteiger partial charge in [0.25, 0.3) is 5.91 Å². The number of ether oxygens (including phenoxy) is 1. The molecule has 2 amide bonds. The third-order valence-corrected chi connectivity index (χ3v) is 2.96. The molecule has 118 valence electrons. The Morgan fingerprint density at radius 3 is 2.26 bits per heavy atom. The topological polar surface area (TPSA) is 79.8 Å². The zero-order chi connectivity index (χ0) is 16.7. The van der Waals surface area contributed by atoms with Crippen LogP contribution in [0, 0.1) is 0 Å². The molecule has 0 atom stereocenters. The number of amides is 2. The molecule has 6 heteroatoms. The molecule has 0 aliphatic heterocycles. The lowest BCUT2D eigenvalue weighted by Crippen LogP contribution is -2.17. The van der Waals surface area contributed by atoms with E-state index in [1.54, 1.807) is 55.6 Å². The molecule has 0 saturated heterocycles. The van der Waals surface area contributed by atoms with Gasteiger partial charge in [-0.3, -0.25) is 9.59 Å². The summed E-state index contributed by atoms with van der Waals surface area (Å²) in [5.74, 6) is 0.251. The first kappa shape index (κ1) is 16.2. The summed E-state index contributed by atoms with van der Waals surface area (Å²) in [6.45, 7) is 1.45. The summed E-state index contributed by atoms with van der Waals surface area (Å²) in [5.41, 5.74) is 4.45. The lowest BCUT2D eigenvalue weighted by Gasteiger charge is -2.03. The van der Waals surface area contributed by atoms with Crippen molar-refractivity contribution in [3.63, 3.8) is 0 Å². The maximum absolute atomic E-state index is 11.9. The van der Waals surface area contributed by atoms with Crippen LogP contribution >= 0.6 is 0 Å². The molecule has 0 spiro atoms. The van der Waals surface area contributed by atoms with Gasteiger partial charge in [0, 0.05) is 18.2 Å². The smallest absolute Gasteiger partial charge is 0.271 e. The molecule has 2 rings (SSSR count). The number of nitrogens with zero attached hydrogens (tertiary/aromatic N) is 1. The molecule has 0 fully saturated rings. The van der Waals surface area contributed by atoms with Gasteiger partial charge in [0.05, 0.1) is 13.3 Å². The Bertz CT molecular complexity index is 707. The van der Waals surface area contributed by atoms with Gasteiger partial charge in [-0.05, 0) is 42.0 Å². The van der Waals surface area contributed by atoms with E-state index in [1.807, 2.05) is 0 Å². The maximum atomic E-state index is 11.9. The quantitative estimate of drug-likeness (QED) is 0.657. The van der Waals surface area contributed by atoms with E-state index < -0.39 is 0 Å². The Kier molecular flexibility index (Phi) is 5.46. The molecule has 2 aromatic carbocycles. The van der Waals surface area contributed by atoms with Crippen molar-refractivity contribution in [2.45, 2.75) is 6.92 Å². The van der Waals surface area contributed by atoms with Crippen LogP contribution in [0.5, 0.6) is 5.75 Å². The molecule has 0 bridgehead atoms. The molecule has 2 aromatic rings. The van der Waals surface area contributed by atoms with E-state index in [0.717, 1.165) is 5.56 Å². The van der Waals surface area contributed by atoms with Crippen molar-refractivity contribution in [3.05, 3.63) is 59.7 Å². The summed E-state index contributed by atoms with van der Waals surface area (Å²) in [6, 6.07) is 13.8. The number of hydrogen-bond acceptors (Lipinski definition) is 4. The van der Waals surface area contributed by atoms with Crippen molar-refractivity contribution in [1.82, 2.24) is 5.43 Å². The molecule has 0 aliphatic rings. The van der Waals surface area contributed by atoms with Crippen molar-refractivity contribution >= 4 is 23.7 Å². The van der Waals surface area contributed by atoms with Crippen LogP contribution in [0.4, 0.5) is 5.69 Å². The Balaban J connectivity index is 1.92. The van der Waals surface area contributed by atoms with Gasteiger partial charge in [0.15, 0.2) is 0 Å². The summed E-state index contributed by atoms with van der Waals surface area (Å²) in [5, 5.41) is 6.58. The van der Waals surface area contributed by atoms with Crippen LogP contribution in [-0.2, 0) is 4.79 Å². The monoisotopic (exact) mass is 311 g/mol. The molecule has 0 saturated carbocycles.